The quantitative estimate of drug-likeness (QED) is 0.546. The highest BCUT2D eigenvalue weighted by Crippen LogP contribution is 2.24. The minimum atomic E-state index is -0.299. The SMILES string of the molecule is CCCCOc1c(C)cccc1C(=O)OCCC. The molecule has 0 aliphatic rings. The number of ether oxygens (including phenoxy) is 2. The Hall–Kier alpha value is -1.51. The molecule has 3 nitrogen and oxygen atoms in total. The number of para-hydroxylation sites is 1. The molecule has 0 radical (unpaired) electrons. The lowest BCUT2D eigenvalue weighted by Crippen LogP contribution is -2.10. The molecule has 3 heteroatoms. The topological polar surface area (TPSA) is 35.5 Å². The molecule has 0 amide bonds. The van der Waals surface area contributed by atoms with Gasteiger partial charge in [0, 0.05) is 0 Å². The molecule has 1 rings (SSSR count). The third-order valence-corrected chi connectivity index (χ3v) is 2.61. The zero-order chi connectivity index (χ0) is 13.4. The van der Waals surface area contributed by atoms with Crippen LogP contribution in [0.2, 0.25) is 0 Å². The van der Waals surface area contributed by atoms with Crippen LogP contribution in [0.1, 0.15) is 49.0 Å². The van der Waals surface area contributed by atoms with Crippen LogP contribution in [-0.2, 0) is 4.74 Å². The summed E-state index contributed by atoms with van der Waals surface area (Å²) in [6.45, 7) is 7.11. The van der Waals surface area contributed by atoms with Gasteiger partial charge in [0.15, 0.2) is 0 Å². The van der Waals surface area contributed by atoms with Crippen LogP contribution < -0.4 is 4.74 Å². The van der Waals surface area contributed by atoms with Crippen LogP contribution in [0.4, 0.5) is 0 Å². The number of carbonyl (C=O) groups excluding carboxylic acids is 1. The summed E-state index contributed by atoms with van der Waals surface area (Å²) in [5.41, 5.74) is 1.50. The number of benzene rings is 1. The Morgan fingerprint density at radius 2 is 1.94 bits per heavy atom. The van der Waals surface area contributed by atoms with Gasteiger partial charge in [0.05, 0.1) is 13.2 Å². The Morgan fingerprint density at radius 3 is 2.61 bits per heavy atom. The summed E-state index contributed by atoms with van der Waals surface area (Å²) < 4.78 is 10.9. The Labute approximate surface area is 109 Å². The molecule has 0 heterocycles. The number of rotatable bonds is 7. The molecule has 0 unspecified atom stereocenters. The standard InChI is InChI=1S/C15H22O3/c1-4-6-11-17-14-12(3)8-7-9-13(14)15(16)18-10-5-2/h7-9H,4-6,10-11H2,1-3H3. The summed E-state index contributed by atoms with van der Waals surface area (Å²) in [6, 6.07) is 5.55. The molecule has 0 saturated heterocycles. The Morgan fingerprint density at radius 1 is 1.17 bits per heavy atom. The first-order chi connectivity index (χ1) is 8.70. The number of esters is 1. The Kier molecular flexibility index (Phi) is 6.26. The number of hydrogen-bond acceptors (Lipinski definition) is 3. The summed E-state index contributed by atoms with van der Waals surface area (Å²) in [7, 11) is 0. The van der Waals surface area contributed by atoms with E-state index in [2.05, 4.69) is 6.92 Å². The largest absolute Gasteiger partial charge is 0.492 e. The fraction of sp³-hybridized carbons (Fsp3) is 0.533. The molecule has 0 aliphatic carbocycles. The van der Waals surface area contributed by atoms with E-state index in [0.717, 1.165) is 24.8 Å². The minimum Gasteiger partial charge on any atom is -0.492 e. The van der Waals surface area contributed by atoms with Gasteiger partial charge >= 0.3 is 5.97 Å². The van der Waals surface area contributed by atoms with Gasteiger partial charge in [-0.2, -0.15) is 0 Å². The van der Waals surface area contributed by atoms with E-state index in [1.807, 2.05) is 26.0 Å². The molecule has 0 N–H and O–H groups in total. The highest BCUT2D eigenvalue weighted by Gasteiger charge is 2.15. The number of aryl methyl sites for hydroxylation is 1. The van der Waals surface area contributed by atoms with Gasteiger partial charge in [-0.15, -0.1) is 0 Å². The molecular weight excluding hydrogens is 228 g/mol. The van der Waals surface area contributed by atoms with Gasteiger partial charge in [0.2, 0.25) is 0 Å². The van der Waals surface area contributed by atoms with Crippen molar-refractivity contribution in [2.24, 2.45) is 0 Å². The fourth-order valence-corrected chi connectivity index (χ4v) is 1.60. The maximum atomic E-state index is 11.9. The van der Waals surface area contributed by atoms with Crippen molar-refractivity contribution in [2.45, 2.75) is 40.0 Å². The van der Waals surface area contributed by atoms with E-state index in [4.69, 9.17) is 9.47 Å². The molecule has 0 aliphatic heterocycles. The van der Waals surface area contributed by atoms with Gasteiger partial charge in [-0.05, 0) is 31.4 Å². The highest BCUT2D eigenvalue weighted by molar-refractivity contribution is 5.93. The first-order valence-corrected chi connectivity index (χ1v) is 6.60. The molecule has 0 spiro atoms. The van der Waals surface area contributed by atoms with Crippen molar-refractivity contribution in [3.05, 3.63) is 29.3 Å². The van der Waals surface area contributed by atoms with Gasteiger partial charge < -0.3 is 9.47 Å². The van der Waals surface area contributed by atoms with E-state index >= 15 is 0 Å². The van der Waals surface area contributed by atoms with Crippen molar-refractivity contribution in [3.8, 4) is 5.75 Å². The first-order valence-electron chi connectivity index (χ1n) is 6.60. The lowest BCUT2D eigenvalue weighted by Gasteiger charge is -2.13. The number of hydrogen-bond donors (Lipinski definition) is 0. The molecule has 0 fully saturated rings. The summed E-state index contributed by atoms with van der Waals surface area (Å²) in [5.74, 6) is 0.360. The minimum absolute atomic E-state index is 0.299. The monoisotopic (exact) mass is 250 g/mol. The van der Waals surface area contributed by atoms with Crippen molar-refractivity contribution in [1.29, 1.82) is 0 Å². The summed E-state index contributed by atoms with van der Waals surface area (Å²) in [6.07, 6.45) is 2.88. The third kappa shape index (κ3) is 4.06. The summed E-state index contributed by atoms with van der Waals surface area (Å²) >= 11 is 0. The lowest BCUT2D eigenvalue weighted by molar-refractivity contribution is 0.0500. The van der Waals surface area contributed by atoms with Crippen LogP contribution in [0.3, 0.4) is 0 Å². The molecule has 1 aromatic carbocycles. The normalized spacial score (nSPS) is 10.2. The lowest BCUT2D eigenvalue weighted by atomic mass is 10.1. The van der Waals surface area contributed by atoms with Gasteiger partial charge in [0.1, 0.15) is 11.3 Å². The molecule has 0 atom stereocenters. The van der Waals surface area contributed by atoms with E-state index in [9.17, 15) is 4.79 Å². The van der Waals surface area contributed by atoms with Gasteiger partial charge in [-0.3, -0.25) is 0 Å². The summed E-state index contributed by atoms with van der Waals surface area (Å²) in [5, 5.41) is 0. The second kappa shape index (κ2) is 7.75. The molecule has 0 aromatic heterocycles. The second-order valence-corrected chi connectivity index (χ2v) is 4.29. The molecule has 1 aromatic rings. The van der Waals surface area contributed by atoms with Crippen molar-refractivity contribution in [3.63, 3.8) is 0 Å². The maximum absolute atomic E-state index is 11.9. The molecule has 18 heavy (non-hydrogen) atoms. The number of unbranched alkanes of at least 4 members (excludes halogenated alkanes) is 1. The fourth-order valence-electron chi connectivity index (χ4n) is 1.60. The Balaban J connectivity index is 2.82. The van der Waals surface area contributed by atoms with Crippen molar-refractivity contribution in [1.82, 2.24) is 0 Å². The zero-order valence-corrected chi connectivity index (χ0v) is 11.5. The molecular formula is C15H22O3. The van der Waals surface area contributed by atoms with E-state index in [1.165, 1.54) is 0 Å². The molecule has 100 valence electrons. The van der Waals surface area contributed by atoms with Gasteiger partial charge in [-0.1, -0.05) is 32.4 Å². The van der Waals surface area contributed by atoms with E-state index in [-0.39, 0.29) is 5.97 Å². The first kappa shape index (κ1) is 14.6. The van der Waals surface area contributed by atoms with E-state index < -0.39 is 0 Å². The van der Waals surface area contributed by atoms with Crippen LogP contribution >= 0.6 is 0 Å². The third-order valence-electron chi connectivity index (χ3n) is 2.61. The molecule has 0 saturated carbocycles. The van der Waals surface area contributed by atoms with Crippen LogP contribution in [-0.4, -0.2) is 19.2 Å². The molecule has 0 bridgehead atoms. The average molecular weight is 250 g/mol. The number of carbonyl (C=O) groups is 1. The van der Waals surface area contributed by atoms with Crippen LogP contribution in [0.25, 0.3) is 0 Å². The van der Waals surface area contributed by atoms with Crippen LogP contribution in [0, 0.1) is 6.92 Å². The predicted molar refractivity (Wildman–Crippen MR) is 72.2 cm³/mol. The van der Waals surface area contributed by atoms with Gasteiger partial charge in [-0.25, -0.2) is 4.79 Å². The Bertz CT molecular complexity index is 385. The maximum Gasteiger partial charge on any atom is 0.341 e. The van der Waals surface area contributed by atoms with Crippen molar-refractivity contribution >= 4 is 5.97 Å². The average Bonchev–Trinajstić information content (AvgIpc) is 2.38. The van der Waals surface area contributed by atoms with E-state index in [1.54, 1.807) is 6.07 Å². The second-order valence-electron chi connectivity index (χ2n) is 4.29. The smallest absolute Gasteiger partial charge is 0.341 e. The van der Waals surface area contributed by atoms with E-state index in [0.29, 0.717) is 24.5 Å². The predicted octanol–water partition coefficient (Wildman–Crippen LogP) is 3.74. The highest BCUT2D eigenvalue weighted by atomic mass is 16.5. The van der Waals surface area contributed by atoms with Crippen molar-refractivity contribution in [2.75, 3.05) is 13.2 Å². The van der Waals surface area contributed by atoms with Gasteiger partial charge in [0.25, 0.3) is 0 Å². The van der Waals surface area contributed by atoms with Crippen LogP contribution in [0.15, 0.2) is 18.2 Å². The van der Waals surface area contributed by atoms with Crippen molar-refractivity contribution < 1.29 is 14.3 Å². The zero-order valence-electron chi connectivity index (χ0n) is 11.5. The van der Waals surface area contributed by atoms with Crippen LogP contribution in [0.5, 0.6) is 5.75 Å². The summed E-state index contributed by atoms with van der Waals surface area (Å²) in [4.78, 5) is 11.9.